The Morgan fingerprint density at radius 1 is 1.13 bits per heavy atom. The molecule has 5 rings (SSSR count). The lowest BCUT2D eigenvalue weighted by molar-refractivity contribution is 0.581. The highest BCUT2D eigenvalue weighted by atomic mass is 32.2. The van der Waals surface area contributed by atoms with Crippen molar-refractivity contribution in [1.29, 1.82) is 0 Å². The molecule has 4 heterocycles. The molecule has 0 aliphatic carbocycles. The van der Waals surface area contributed by atoms with E-state index in [9.17, 15) is 0 Å². The van der Waals surface area contributed by atoms with E-state index in [0.29, 0.717) is 6.04 Å². The van der Waals surface area contributed by atoms with Crippen molar-refractivity contribution in [1.82, 2.24) is 39.9 Å². The van der Waals surface area contributed by atoms with Crippen LogP contribution in [0, 0.1) is 0 Å². The first kappa shape index (κ1) is 19.2. The van der Waals surface area contributed by atoms with Gasteiger partial charge < -0.3 is 5.32 Å². The lowest BCUT2D eigenvalue weighted by Gasteiger charge is -2.04. The molecular formula is C20H20N8S2. The number of rotatable bonds is 6. The largest absolute Gasteiger partial charge is 0.308 e. The van der Waals surface area contributed by atoms with Crippen molar-refractivity contribution < 1.29 is 0 Å². The molecule has 1 aromatic carbocycles. The van der Waals surface area contributed by atoms with E-state index in [1.165, 1.54) is 0 Å². The van der Waals surface area contributed by atoms with Gasteiger partial charge in [-0.05, 0) is 36.0 Å². The van der Waals surface area contributed by atoms with E-state index in [0.717, 1.165) is 48.6 Å². The molecule has 0 atom stereocenters. The third-order valence-electron chi connectivity index (χ3n) is 4.57. The predicted molar refractivity (Wildman–Crippen MR) is 119 cm³/mol. The van der Waals surface area contributed by atoms with Crippen LogP contribution in [0.3, 0.4) is 0 Å². The van der Waals surface area contributed by atoms with Gasteiger partial charge in [-0.2, -0.15) is 14.7 Å². The van der Waals surface area contributed by atoms with E-state index in [1.54, 1.807) is 27.8 Å². The smallest absolute Gasteiger partial charge is 0.235 e. The first-order chi connectivity index (χ1) is 14.5. The molecule has 0 spiro atoms. The molecule has 0 aliphatic heterocycles. The summed E-state index contributed by atoms with van der Waals surface area (Å²) in [6, 6.07) is 8.76. The van der Waals surface area contributed by atoms with Crippen LogP contribution in [0.4, 0.5) is 0 Å². The minimum Gasteiger partial charge on any atom is -0.308 e. The van der Waals surface area contributed by atoms with Crippen LogP contribution in [0.2, 0.25) is 0 Å². The van der Waals surface area contributed by atoms with Crippen molar-refractivity contribution in [3.8, 4) is 11.1 Å². The van der Waals surface area contributed by atoms with E-state index < -0.39 is 0 Å². The summed E-state index contributed by atoms with van der Waals surface area (Å²) in [4.78, 5) is 6.47. The van der Waals surface area contributed by atoms with Crippen molar-refractivity contribution in [2.75, 3.05) is 0 Å². The third-order valence-corrected chi connectivity index (χ3v) is 6.39. The average molecular weight is 437 g/mol. The minimum absolute atomic E-state index is 0.413. The number of nitrogens with zero attached hydrogens (tertiary/aromatic N) is 7. The SMILES string of the molecule is CC(C)NCc1nn2c(Sc3ccc4ncc(-c5cnn(C)c5)cc4c3)nnc2s1. The van der Waals surface area contributed by atoms with Gasteiger partial charge in [0.1, 0.15) is 5.01 Å². The Bertz CT molecular complexity index is 1330. The second-order valence-corrected chi connectivity index (χ2v) is 9.37. The Morgan fingerprint density at radius 2 is 2.03 bits per heavy atom. The molecule has 0 fully saturated rings. The molecule has 0 saturated heterocycles. The predicted octanol–water partition coefficient (Wildman–Crippen LogP) is 3.78. The molecular weight excluding hydrogens is 416 g/mol. The van der Waals surface area contributed by atoms with Crippen LogP contribution in [-0.2, 0) is 13.6 Å². The maximum Gasteiger partial charge on any atom is 0.235 e. The molecule has 8 nitrogen and oxygen atoms in total. The van der Waals surface area contributed by atoms with Crippen molar-refractivity contribution in [2.24, 2.45) is 7.05 Å². The van der Waals surface area contributed by atoms with E-state index >= 15 is 0 Å². The molecule has 0 unspecified atom stereocenters. The summed E-state index contributed by atoms with van der Waals surface area (Å²) < 4.78 is 3.61. The fraction of sp³-hybridized carbons (Fsp3) is 0.250. The zero-order valence-corrected chi connectivity index (χ0v) is 18.4. The summed E-state index contributed by atoms with van der Waals surface area (Å²) >= 11 is 3.11. The monoisotopic (exact) mass is 436 g/mol. The van der Waals surface area contributed by atoms with Gasteiger partial charge in [-0.15, -0.1) is 10.2 Å². The molecule has 30 heavy (non-hydrogen) atoms. The summed E-state index contributed by atoms with van der Waals surface area (Å²) in [7, 11) is 1.91. The highest BCUT2D eigenvalue weighted by Gasteiger charge is 2.14. The average Bonchev–Trinajstić information content (AvgIpc) is 3.43. The van der Waals surface area contributed by atoms with Gasteiger partial charge in [-0.1, -0.05) is 25.2 Å². The summed E-state index contributed by atoms with van der Waals surface area (Å²) in [6.45, 7) is 4.97. The third kappa shape index (κ3) is 3.81. The van der Waals surface area contributed by atoms with Crippen LogP contribution in [0.15, 0.2) is 52.9 Å². The number of benzene rings is 1. The Kier molecular flexibility index (Phi) is 4.97. The first-order valence-electron chi connectivity index (χ1n) is 9.56. The maximum absolute atomic E-state index is 4.66. The van der Waals surface area contributed by atoms with Gasteiger partial charge in [-0.3, -0.25) is 9.67 Å². The number of hydrogen-bond donors (Lipinski definition) is 1. The van der Waals surface area contributed by atoms with Crippen molar-refractivity contribution >= 4 is 39.0 Å². The van der Waals surface area contributed by atoms with Crippen LogP contribution >= 0.6 is 23.1 Å². The number of aryl methyl sites for hydroxylation is 1. The number of hydrogen-bond acceptors (Lipinski definition) is 8. The summed E-state index contributed by atoms with van der Waals surface area (Å²) in [6.07, 6.45) is 5.72. The molecule has 152 valence electrons. The lowest BCUT2D eigenvalue weighted by atomic mass is 10.1. The zero-order chi connectivity index (χ0) is 20.7. The quantitative estimate of drug-likeness (QED) is 0.433. The number of nitrogens with one attached hydrogen (secondary N) is 1. The van der Waals surface area contributed by atoms with Crippen molar-refractivity contribution in [3.05, 3.63) is 47.9 Å². The van der Waals surface area contributed by atoms with Gasteiger partial charge in [0.25, 0.3) is 0 Å². The topological polar surface area (TPSA) is 85.8 Å². The summed E-state index contributed by atoms with van der Waals surface area (Å²) in [5.41, 5.74) is 3.05. The molecule has 0 saturated carbocycles. The number of fused-ring (bicyclic) bond motifs is 2. The van der Waals surface area contributed by atoms with E-state index in [4.69, 9.17) is 0 Å². The fourth-order valence-corrected chi connectivity index (χ4v) is 4.74. The van der Waals surface area contributed by atoms with Crippen LogP contribution in [0.5, 0.6) is 0 Å². The van der Waals surface area contributed by atoms with Gasteiger partial charge >= 0.3 is 0 Å². The minimum atomic E-state index is 0.413. The normalized spacial score (nSPS) is 11.9. The first-order valence-corrected chi connectivity index (χ1v) is 11.2. The van der Waals surface area contributed by atoms with Crippen LogP contribution in [-0.4, -0.2) is 40.6 Å². The number of pyridine rings is 1. The van der Waals surface area contributed by atoms with E-state index in [1.807, 2.05) is 36.2 Å². The van der Waals surface area contributed by atoms with Gasteiger partial charge in [0.2, 0.25) is 10.1 Å². The Hall–Kier alpha value is -2.82. The second kappa shape index (κ2) is 7.78. The Morgan fingerprint density at radius 3 is 2.83 bits per heavy atom. The van der Waals surface area contributed by atoms with Crippen LogP contribution in [0.25, 0.3) is 27.0 Å². The highest BCUT2D eigenvalue weighted by Crippen LogP contribution is 2.31. The molecule has 0 aliphatic rings. The maximum atomic E-state index is 4.66. The number of aromatic nitrogens is 7. The van der Waals surface area contributed by atoms with Crippen molar-refractivity contribution in [3.63, 3.8) is 0 Å². The van der Waals surface area contributed by atoms with Crippen LogP contribution in [0.1, 0.15) is 18.9 Å². The molecule has 0 bridgehead atoms. The van der Waals surface area contributed by atoms with Gasteiger partial charge in [0.05, 0.1) is 11.7 Å². The second-order valence-electron chi connectivity index (χ2n) is 7.29. The van der Waals surface area contributed by atoms with E-state index in [2.05, 4.69) is 62.7 Å². The Labute approximate surface area is 181 Å². The van der Waals surface area contributed by atoms with Gasteiger partial charge in [0.15, 0.2) is 0 Å². The molecule has 0 amide bonds. The van der Waals surface area contributed by atoms with Crippen molar-refractivity contribution in [2.45, 2.75) is 36.5 Å². The summed E-state index contributed by atoms with van der Waals surface area (Å²) in [5, 5.41) is 23.7. The fourth-order valence-electron chi connectivity index (χ4n) is 3.07. The summed E-state index contributed by atoms with van der Waals surface area (Å²) in [5.74, 6) is 0. The standard InChI is InChI=1S/C20H20N8S2/c1-12(2)21-10-18-26-28-19(24-25-20(28)30-18)29-16-4-5-17-13(7-16)6-14(8-22-17)15-9-23-27(3)11-15/h4-9,11-12,21H,10H2,1-3H3. The highest BCUT2D eigenvalue weighted by molar-refractivity contribution is 7.99. The lowest BCUT2D eigenvalue weighted by Crippen LogP contribution is -2.21. The molecule has 0 radical (unpaired) electrons. The Balaban J connectivity index is 1.43. The van der Waals surface area contributed by atoms with E-state index in [-0.39, 0.29) is 0 Å². The van der Waals surface area contributed by atoms with Gasteiger partial charge in [-0.25, -0.2) is 0 Å². The van der Waals surface area contributed by atoms with Crippen LogP contribution < -0.4 is 5.32 Å². The molecule has 1 N–H and O–H groups in total. The van der Waals surface area contributed by atoms with Gasteiger partial charge in [0, 0.05) is 53.4 Å². The molecule has 10 heteroatoms. The molecule has 4 aromatic heterocycles. The molecule has 5 aromatic rings. The zero-order valence-electron chi connectivity index (χ0n) is 16.8.